The molecule has 0 aliphatic rings. The molecule has 7 heteroatoms. The molecular weight excluding hydrogens is 396 g/mol. The van der Waals surface area contributed by atoms with Crippen LogP contribution in [0.25, 0.3) is 0 Å². The van der Waals surface area contributed by atoms with E-state index in [1.165, 1.54) is 16.9 Å². The summed E-state index contributed by atoms with van der Waals surface area (Å²) in [7, 11) is 1.31. The molecule has 0 aromatic rings. The number of nitrogens with zero attached hydrogens (tertiary/aromatic N) is 2. The van der Waals surface area contributed by atoms with E-state index in [0.29, 0.717) is 12.8 Å². The van der Waals surface area contributed by atoms with E-state index in [9.17, 15) is 14.4 Å². The fraction of sp³-hybridized carbons (Fsp3) is 0.708. The van der Waals surface area contributed by atoms with Crippen molar-refractivity contribution in [3.63, 3.8) is 0 Å². The van der Waals surface area contributed by atoms with Crippen molar-refractivity contribution in [1.82, 2.24) is 9.80 Å². The molecule has 0 radical (unpaired) electrons. The molecule has 0 saturated heterocycles. The van der Waals surface area contributed by atoms with Gasteiger partial charge >= 0.3 is 12.1 Å². The quantitative estimate of drug-likeness (QED) is 0.333. The molecule has 0 aromatic heterocycles. The molecule has 178 valence electrons. The van der Waals surface area contributed by atoms with Crippen molar-refractivity contribution in [2.24, 2.45) is 11.8 Å². The lowest BCUT2D eigenvalue weighted by Gasteiger charge is -2.38. The molecule has 7 nitrogen and oxygen atoms in total. The summed E-state index contributed by atoms with van der Waals surface area (Å²) < 4.78 is 10.5. The van der Waals surface area contributed by atoms with E-state index in [-0.39, 0.29) is 30.8 Å². The summed E-state index contributed by atoms with van der Waals surface area (Å²) in [5.41, 5.74) is -0.713. The minimum absolute atomic E-state index is 0.121. The lowest BCUT2D eigenvalue weighted by molar-refractivity contribution is -0.155. The fourth-order valence-electron chi connectivity index (χ4n) is 3.23. The molecule has 0 spiro atoms. The monoisotopic (exact) mass is 438 g/mol. The molecule has 0 heterocycles. The Morgan fingerprint density at radius 3 is 1.71 bits per heavy atom. The largest absolute Gasteiger partial charge is 0.467 e. The minimum atomic E-state index is -0.813. The van der Waals surface area contributed by atoms with Gasteiger partial charge in [-0.15, -0.1) is 13.2 Å². The summed E-state index contributed by atoms with van der Waals surface area (Å²) in [6, 6.07) is -1.58. The van der Waals surface area contributed by atoms with E-state index in [1.54, 1.807) is 32.9 Å². The summed E-state index contributed by atoms with van der Waals surface area (Å²) in [5, 5.41) is 0. The van der Waals surface area contributed by atoms with E-state index in [0.717, 1.165) is 0 Å². The number of rotatable bonds is 12. The number of carbonyl (C=O) groups excluding carboxylic acids is 3. The van der Waals surface area contributed by atoms with Gasteiger partial charge in [-0.1, -0.05) is 39.8 Å². The number of esters is 1. The molecule has 0 unspecified atom stereocenters. The molecule has 0 aliphatic heterocycles. The van der Waals surface area contributed by atoms with Crippen LogP contribution in [-0.4, -0.2) is 65.7 Å². The molecule has 0 fully saturated rings. The van der Waals surface area contributed by atoms with Gasteiger partial charge in [0.15, 0.2) is 0 Å². The third kappa shape index (κ3) is 10.0. The number of hydrogen-bond donors (Lipinski definition) is 0. The molecule has 31 heavy (non-hydrogen) atoms. The van der Waals surface area contributed by atoms with Gasteiger partial charge in [-0.05, 0) is 45.4 Å². The molecule has 2 atom stereocenters. The second-order valence-corrected chi connectivity index (χ2v) is 9.51. The molecule has 0 N–H and O–H groups in total. The van der Waals surface area contributed by atoms with Crippen LogP contribution in [0.4, 0.5) is 4.79 Å². The predicted octanol–water partition coefficient (Wildman–Crippen LogP) is 4.43. The van der Waals surface area contributed by atoms with Gasteiger partial charge in [-0.25, -0.2) is 9.59 Å². The highest BCUT2D eigenvalue weighted by atomic mass is 16.6. The number of hydrogen-bond acceptors (Lipinski definition) is 5. The van der Waals surface area contributed by atoms with Crippen molar-refractivity contribution in [3.05, 3.63) is 25.3 Å². The maximum Gasteiger partial charge on any atom is 0.411 e. The Balaban J connectivity index is 6.28. The van der Waals surface area contributed by atoms with Crippen LogP contribution in [0.2, 0.25) is 0 Å². The van der Waals surface area contributed by atoms with Crippen molar-refractivity contribution >= 4 is 18.0 Å². The number of carbonyl (C=O) groups is 3. The zero-order valence-electron chi connectivity index (χ0n) is 20.6. The topological polar surface area (TPSA) is 76.2 Å². The molecule has 0 aromatic carbocycles. The molecule has 0 aliphatic carbocycles. The van der Waals surface area contributed by atoms with E-state index in [1.807, 2.05) is 27.7 Å². The summed E-state index contributed by atoms with van der Waals surface area (Å²) >= 11 is 0. The van der Waals surface area contributed by atoms with E-state index >= 15 is 0 Å². The van der Waals surface area contributed by atoms with Crippen molar-refractivity contribution in [2.45, 2.75) is 79.0 Å². The van der Waals surface area contributed by atoms with Crippen molar-refractivity contribution in [3.8, 4) is 0 Å². The predicted molar refractivity (Wildman–Crippen MR) is 124 cm³/mol. The fourth-order valence-corrected chi connectivity index (χ4v) is 3.23. The highest BCUT2D eigenvalue weighted by Gasteiger charge is 2.39. The van der Waals surface area contributed by atoms with Crippen LogP contribution in [0, 0.1) is 11.8 Å². The maximum atomic E-state index is 13.8. The molecule has 0 bridgehead atoms. The third-order valence-corrected chi connectivity index (χ3v) is 4.46. The van der Waals surface area contributed by atoms with E-state index in [4.69, 9.17) is 9.47 Å². The zero-order valence-corrected chi connectivity index (χ0v) is 20.6. The van der Waals surface area contributed by atoms with Gasteiger partial charge in [0.2, 0.25) is 5.91 Å². The first-order valence-corrected chi connectivity index (χ1v) is 10.9. The second-order valence-electron chi connectivity index (χ2n) is 9.51. The summed E-state index contributed by atoms with van der Waals surface area (Å²) in [4.78, 5) is 42.2. The van der Waals surface area contributed by atoms with Gasteiger partial charge in [0.25, 0.3) is 0 Å². The summed E-state index contributed by atoms with van der Waals surface area (Å²) in [6.45, 7) is 21.0. The Bertz CT molecular complexity index is 622. The minimum Gasteiger partial charge on any atom is -0.467 e. The average Bonchev–Trinajstić information content (AvgIpc) is 2.64. The average molecular weight is 439 g/mol. The van der Waals surface area contributed by atoms with Gasteiger partial charge in [-0.3, -0.25) is 9.69 Å². The summed E-state index contributed by atoms with van der Waals surface area (Å²) in [6.07, 6.45) is 3.40. The van der Waals surface area contributed by atoms with Gasteiger partial charge in [0.05, 0.1) is 7.11 Å². The van der Waals surface area contributed by atoms with Crippen molar-refractivity contribution in [2.75, 3.05) is 20.2 Å². The Hall–Kier alpha value is -2.31. The van der Waals surface area contributed by atoms with Gasteiger partial charge < -0.3 is 14.4 Å². The summed E-state index contributed by atoms with van der Waals surface area (Å²) in [5.74, 6) is -0.545. The third-order valence-electron chi connectivity index (χ3n) is 4.46. The highest BCUT2D eigenvalue weighted by molar-refractivity contribution is 5.90. The SMILES string of the molecule is C=CCN(C(=O)OC(C)(C)C)[C@@H](CC(C)C)C(=O)N(CC=C)[C@@H](CC(C)C)C(=O)OC. The van der Waals surface area contributed by atoms with Crippen molar-refractivity contribution in [1.29, 1.82) is 0 Å². The molecular formula is C24H42N2O5. The Morgan fingerprint density at radius 1 is 0.871 bits per heavy atom. The van der Waals surface area contributed by atoms with Crippen LogP contribution < -0.4 is 0 Å². The van der Waals surface area contributed by atoms with Crippen LogP contribution in [0.3, 0.4) is 0 Å². The van der Waals surface area contributed by atoms with Crippen molar-refractivity contribution < 1.29 is 23.9 Å². The van der Waals surface area contributed by atoms with Crippen LogP contribution in [0.15, 0.2) is 25.3 Å². The van der Waals surface area contributed by atoms with E-state index in [2.05, 4.69) is 13.2 Å². The smallest absolute Gasteiger partial charge is 0.411 e. The first kappa shape index (κ1) is 28.7. The van der Waals surface area contributed by atoms with Crippen LogP contribution in [-0.2, 0) is 19.1 Å². The van der Waals surface area contributed by atoms with Gasteiger partial charge in [0.1, 0.15) is 17.7 Å². The zero-order chi connectivity index (χ0) is 24.4. The molecule has 0 saturated carbocycles. The first-order valence-electron chi connectivity index (χ1n) is 10.9. The normalized spacial score (nSPS) is 13.4. The van der Waals surface area contributed by atoms with Gasteiger partial charge in [0, 0.05) is 13.1 Å². The maximum absolute atomic E-state index is 13.8. The first-order chi connectivity index (χ1) is 14.3. The second kappa shape index (κ2) is 13.2. The Morgan fingerprint density at radius 2 is 1.32 bits per heavy atom. The van der Waals surface area contributed by atoms with Gasteiger partial charge in [-0.2, -0.15) is 0 Å². The Kier molecular flexibility index (Phi) is 12.2. The highest BCUT2D eigenvalue weighted by Crippen LogP contribution is 2.22. The van der Waals surface area contributed by atoms with Crippen LogP contribution in [0.5, 0.6) is 0 Å². The van der Waals surface area contributed by atoms with Crippen LogP contribution >= 0.6 is 0 Å². The Labute approximate surface area is 188 Å². The lowest BCUT2D eigenvalue weighted by Crippen LogP contribution is -2.56. The van der Waals surface area contributed by atoms with E-state index < -0.39 is 29.7 Å². The number of amides is 2. The molecule has 0 rings (SSSR count). The number of methoxy groups -OCH3 is 1. The standard InChI is InChI=1S/C24H42N2O5/c1-11-13-25(20(16-18(5)6)22(28)30-10)21(27)19(15-17(3)4)26(14-12-2)23(29)31-24(7,8)9/h11-12,17-20H,1-2,13-16H2,3-10H3/t19-,20-/m0/s1. The number of ether oxygens (including phenoxy) is 2. The van der Waals surface area contributed by atoms with Crippen LogP contribution in [0.1, 0.15) is 61.3 Å². The molecule has 2 amide bonds. The lowest BCUT2D eigenvalue weighted by atomic mass is 9.97.